The Hall–Kier alpha value is -2.12. The van der Waals surface area contributed by atoms with E-state index in [1.807, 2.05) is 18.7 Å². The van der Waals surface area contributed by atoms with Gasteiger partial charge in [0.2, 0.25) is 5.91 Å². The number of aryl methyl sites for hydroxylation is 1. The zero-order chi connectivity index (χ0) is 17.8. The number of piperazine rings is 1. The van der Waals surface area contributed by atoms with Gasteiger partial charge < -0.3 is 18.8 Å². The molecule has 3 rings (SSSR count). The Morgan fingerprint density at radius 1 is 1.36 bits per heavy atom. The summed E-state index contributed by atoms with van der Waals surface area (Å²) in [5.41, 5.74) is 0.653. The molecule has 0 aliphatic carbocycles. The molecule has 7 heteroatoms. The number of furan rings is 1. The van der Waals surface area contributed by atoms with Gasteiger partial charge in [-0.1, -0.05) is 6.92 Å². The predicted octanol–water partition coefficient (Wildman–Crippen LogP) is 1.70. The Balaban J connectivity index is 1.55. The summed E-state index contributed by atoms with van der Waals surface area (Å²) >= 11 is 0. The normalized spacial score (nSPS) is 17.0. The number of aromatic nitrogens is 1. The molecule has 25 heavy (non-hydrogen) atoms. The lowest BCUT2D eigenvalue weighted by molar-refractivity contribution is -0.132. The lowest BCUT2D eigenvalue weighted by Gasteiger charge is -2.35. The molecule has 1 saturated heterocycles. The molecule has 1 atom stereocenters. The smallest absolute Gasteiger partial charge is 0.263 e. The van der Waals surface area contributed by atoms with Crippen LogP contribution >= 0.6 is 0 Å². The quantitative estimate of drug-likeness (QED) is 0.856. The molecular weight excluding hydrogens is 322 g/mol. The van der Waals surface area contributed by atoms with E-state index in [2.05, 4.69) is 9.88 Å². The fraction of sp³-hybridized carbons (Fsp3) is 0.556. The van der Waals surface area contributed by atoms with Gasteiger partial charge in [0.15, 0.2) is 5.76 Å². The molecular formula is C18H25N3O4. The van der Waals surface area contributed by atoms with Gasteiger partial charge in [0, 0.05) is 32.7 Å². The maximum atomic E-state index is 12.6. The van der Waals surface area contributed by atoms with Gasteiger partial charge in [-0.25, -0.2) is 4.98 Å². The van der Waals surface area contributed by atoms with Crippen LogP contribution < -0.4 is 0 Å². The monoisotopic (exact) mass is 347 g/mol. The third-order valence-electron chi connectivity index (χ3n) is 4.61. The van der Waals surface area contributed by atoms with Crippen molar-refractivity contribution in [3.8, 4) is 11.7 Å². The minimum atomic E-state index is -0.292. The molecule has 0 bridgehead atoms. The zero-order valence-corrected chi connectivity index (χ0v) is 14.8. The number of carbonyl (C=O) groups is 1. The first-order valence-corrected chi connectivity index (χ1v) is 8.75. The van der Waals surface area contributed by atoms with Crippen molar-refractivity contribution in [3.05, 3.63) is 29.9 Å². The SMILES string of the molecule is CCC(O)CN1CCN(C(=O)Cc2nc(-c3ccco3)oc2C)CC1. The first-order chi connectivity index (χ1) is 12.1. The number of amides is 1. The van der Waals surface area contributed by atoms with Crippen molar-refractivity contribution in [1.82, 2.24) is 14.8 Å². The van der Waals surface area contributed by atoms with E-state index >= 15 is 0 Å². The molecule has 136 valence electrons. The lowest BCUT2D eigenvalue weighted by Crippen LogP contribution is -2.50. The van der Waals surface area contributed by atoms with E-state index < -0.39 is 0 Å². The Morgan fingerprint density at radius 2 is 2.12 bits per heavy atom. The van der Waals surface area contributed by atoms with Crippen molar-refractivity contribution < 1.29 is 18.7 Å². The second-order valence-corrected chi connectivity index (χ2v) is 6.42. The summed E-state index contributed by atoms with van der Waals surface area (Å²) in [5.74, 6) is 1.66. The highest BCUT2D eigenvalue weighted by Crippen LogP contribution is 2.22. The van der Waals surface area contributed by atoms with E-state index in [1.54, 1.807) is 18.4 Å². The van der Waals surface area contributed by atoms with Gasteiger partial charge in [-0.15, -0.1) is 0 Å². The van der Waals surface area contributed by atoms with Gasteiger partial charge in [0.05, 0.1) is 24.5 Å². The molecule has 1 unspecified atom stereocenters. The van der Waals surface area contributed by atoms with Crippen LogP contribution in [0.25, 0.3) is 11.7 Å². The first kappa shape index (κ1) is 17.7. The lowest BCUT2D eigenvalue weighted by atomic mass is 10.2. The van der Waals surface area contributed by atoms with Crippen LogP contribution in [0.4, 0.5) is 0 Å². The Morgan fingerprint density at radius 3 is 2.76 bits per heavy atom. The van der Waals surface area contributed by atoms with E-state index in [0.29, 0.717) is 42.7 Å². The highest BCUT2D eigenvalue weighted by atomic mass is 16.4. The molecule has 1 fully saturated rings. The van der Waals surface area contributed by atoms with Crippen LogP contribution in [-0.2, 0) is 11.2 Å². The number of β-amino-alcohol motifs (C(OH)–C–C–N with tert-alkyl or cyclic N) is 1. The van der Waals surface area contributed by atoms with Crippen molar-refractivity contribution in [2.45, 2.75) is 32.8 Å². The molecule has 2 aromatic heterocycles. The van der Waals surface area contributed by atoms with E-state index in [-0.39, 0.29) is 18.4 Å². The van der Waals surface area contributed by atoms with Gasteiger partial charge in [0.1, 0.15) is 5.76 Å². The average molecular weight is 347 g/mol. The van der Waals surface area contributed by atoms with Crippen molar-refractivity contribution >= 4 is 5.91 Å². The van der Waals surface area contributed by atoms with E-state index in [0.717, 1.165) is 19.5 Å². The number of oxazole rings is 1. The van der Waals surface area contributed by atoms with Gasteiger partial charge in [-0.2, -0.15) is 0 Å². The van der Waals surface area contributed by atoms with Gasteiger partial charge in [0.25, 0.3) is 5.89 Å². The number of aliphatic hydroxyl groups excluding tert-OH is 1. The Kier molecular flexibility index (Phi) is 5.55. The molecule has 1 aliphatic rings. The standard InChI is InChI=1S/C18H25N3O4/c1-3-14(22)12-20-6-8-21(9-7-20)17(23)11-15-13(2)25-18(19-15)16-5-4-10-24-16/h4-5,10,14,22H,3,6-9,11-12H2,1-2H3. The number of rotatable bonds is 6. The zero-order valence-electron chi connectivity index (χ0n) is 14.8. The fourth-order valence-corrected chi connectivity index (χ4v) is 2.96. The molecule has 0 saturated carbocycles. The summed E-state index contributed by atoms with van der Waals surface area (Å²) in [5, 5.41) is 9.74. The maximum Gasteiger partial charge on any atom is 0.263 e. The van der Waals surface area contributed by atoms with Gasteiger partial charge in [-0.05, 0) is 25.5 Å². The van der Waals surface area contributed by atoms with E-state index in [4.69, 9.17) is 8.83 Å². The summed E-state index contributed by atoms with van der Waals surface area (Å²) in [4.78, 5) is 21.0. The molecule has 1 N–H and O–H groups in total. The van der Waals surface area contributed by atoms with Gasteiger partial charge in [-0.3, -0.25) is 9.69 Å². The van der Waals surface area contributed by atoms with Crippen molar-refractivity contribution in [2.75, 3.05) is 32.7 Å². The molecule has 3 heterocycles. The summed E-state index contributed by atoms with van der Waals surface area (Å²) in [6.07, 6.45) is 2.25. The molecule has 0 spiro atoms. The topological polar surface area (TPSA) is 83.0 Å². The maximum absolute atomic E-state index is 12.6. The van der Waals surface area contributed by atoms with Crippen molar-refractivity contribution in [3.63, 3.8) is 0 Å². The highest BCUT2D eigenvalue weighted by molar-refractivity contribution is 5.78. The number of aliphatic hydroxyl groups is 1. The Labute approximate surface area is 147 Å². The Bertz CT molecular complexity index is 687. The summed E-state index contributed by atoms with van der Waals surface area (Å²) < 4.78 is 10.9. The van der Waals surface area contributed by atoms with Crippen LogP contribution in [0.1, 0.15) is 24.8 Å². The molecule has 7 nitrogen and oxygen atoms in total. The minimum absolute atomic E-state index is 0.0538. The summed E-state index contributed by atoms with van der Waals surface area (Å²) in [7, 11) is 0. The van der Waals surface area contributed by atoms with E-state index in [1.165, 1.54) is 0 Å². The first-order valence-electron chi connectivity index (χ1n) is 8.75. The molecule has 0 radical (unpaired) electrons. The predicted molar refractivity (Wildman–Crippen MR) is 92.0 cm³/mol. The fourth-order valence-electron chi connectivity index (χ4n) is 2.96. The third-order valence-corrected chi connectivity index (χ3v) is 4.61. The molecule has 1 aliphatic heterocycles. The van der Waals surface area contributed by atoms with Crippen molar-refractivity contribution in [2.24, 2.45) is 0 Å². The van der Waals surface area contributed by atoms with Crippen LogP contribution in [0, 0.1) is 6.92 Å². The minimum Gasteiger partial charge on any atom is -0.459 e. The third kappa shape index (κ3) is 4.29. The van der Waals surface area contributed by atoms with Crippen molar-refractivity contribution in [1.29, 1.82) is 0 Å². The highest BCUT2D eigenvalue weighted by Gasteiger charge is 2.24. The molecule has 1 amide bonds. The molecule has 0 aromatic carbocycles. The van der Waals surface area contributed by atoms with Crippen LogP contribution in [0.5, 0.6) is 0 Å². The van der Waals surface area contributed by atoms with Crippen LogP contribution in [0.3, 0.4) is 0 Å². The summed E-state index contributed by atoms with van der Waals surface area (Å²) in [6.45, 7) is 7.39. The number of nitrogens with zero attached hydrogens (tertiary/aromatic N) is 3. The largest absolute Gasteiger partial charge is 0.459 e. The van der Waals surface area contributed by atoms with Crippen LogP contribution in [-0.4, -0.2) is 64.6 Å². The molecule has 2 aromatic rings. The number of hydrogen-bond acceptors (Lipinski definition) is 6. The number of carbonyl (C=O) groups excluding carboxylic acids is 1. The average Bonchev–Trinajstić information content (AvgIpc) is 3.26. The summed E-state index contributed by atoms with van der Waals surface area (Å²) in [6, 6.07) is 3.55. The number of hydrogen-bond donors (Lipinski definition) is 1. The van der Waals surface area contributed by atoms with Crippen LogP contribution in [0.15, 0.2) is 27.2 Å². The second kappa shape index (κ2) is 7.84. The van der Waals surface area contributed by atoms with Crippen LogP contribution in [0.2, 0.25) is 0 Å². The van der Waals surface area contributed by atoms with E-state index in [9.17, 15) is 9.90 Å². The van der Waals surface area contributed by atoms with Gasteiger partial charge >= 0.3 is 0 Å². The second-order valence-electron chi connectivity index (χ2n) is 6.42.